The van der Waals surface area contributed by atoms with Crippen molar-refractivity contribution in [3.05, 3.63) is 71.8 Å². The Balaban J connectivity index is 1.58. The van der Waals surface area contributed by atoms with Crippen LogP contribution in [0.4, 0.5) is 0 Å². The number of hydrogen-bond donors (Lipinski definition) is 1. The van der Waals surface area contributed by atoms with E-state index in [4.69, 9.17) is 4.74 Å². The van der Waals surface area contributed by atoms with Crippen molar-refractivity contribution in [3.63, 3.8) is 0 Å². The average molecular weight is 394 g/mol. The first-order valence-electron chi connectivity index (χ1n) is 10.3. The predicted molar refractivity (Wildman–Crippen MR) is 119 cm³/mol. The van der Waals surface area contributed by atoms with Gasteiger partial charge in [0, 0.05) is 18.5 Å². The molecule has 0 bridgehead atoms. The number of unbranched alkanes of at least 4 members (excludes halogenated alkanes) is 3. The highest BCUT2D eigenvalue weighted by Crippen LogP contribution is 2.17. The van der Waals surface area contributed by atoms with E-state index >= 15 is 0 Å². The van der Waals surface area contributed by atoms with E-state index in [2.05, 4.69) is 30.6 Å². The van der Waals surface area contributed by atoms with Crippen LogP contribution in [0.25, 0.3) is 12.2 Å². The molecule has 1 aromatic rings. The first-order valence-corrected chi connectivity index (χ1v) is 10.3. The smallest absolute Gasteiger partial charge is 0.306 e. The lowest BCUT2D eigenvalue weighted by Gasteiger charge is -2.10. The third kappa shape index (κ3) is 7.57. The molecule has 0 aromatic heterocycles. The molecule has 4 nitrogen and oxygen atoms in total. The molecule has 1 aliphatic rings. The van der Waals surface area contributed by atoms with Crippen LogP contribution in [0.1, 0.15) is 66.4 Å². The second kappa shape index (κ2) is 12.6. The lowest BCUT2D eigenvalue weighted by atomic mass is 10.0. The van der Waals surface area contributed by atoms with E-state index in [1.165, 1.54) is 0 Å². The largest absolute Gasteiger partial charge is 0.461 e. The van der Waals surface area contributed by atoms with Gasteiger partial charge in [-0.1, -0.05) is 68.5 Å². The Hall–Kier alpha value is -2.88. The van der Waals surface area contributed by atoms with Crippen molar-refractivity contribution in [3.8, 4) is 0 Å². The Labute approximate surface area is 174 Å². The number of hydrogen-bond acceptors (Lipinski definition) is 3. The summed E-state index contributed by atoms with van der Waals surface area (Å²) < 4.78 is 5.30. The summed E-state index contributed by atoms with van der Waals surface area (Å²) in [5.41, 5.74) is 3.40. The van der Waals surface area contributed by atoms with Crippen molar-refractivity contribution in [1.82, 2.24) is 5.32 Å². The highest BCUT2D eigenvalue weighted by Gasteiger charge is 2.11. The van der Waals surface area contributed by atoms with E-state index < -0.39 is 0 Å². The number of amides is 1. The molecule has 0 radical (unpaired) electrons. The number of esters is 1. The van der Waals surface area contributed by atoms with Crippen LogP contribution in [-0.4, -0.2) is 25.0 Å². The summed E-state index contributed by atoms with van der Waals surface area (Å²) >= 11 is 0. The van der Waals surface area contributed by atoms with Crippen LogP contribution >= 0.6 is 0 Å². The van der Waals surface area contributed by atoms with Gasteiger partial charge in [0.15, 0.2) is 0 Å². The minimum Gasteiger partial charge on any atom is -0.461 e. The minimum atomic E-state index is -0.141. The molecular weight excluding hydrogens is 362 g/mol. The second-order valence-electron chi connectivity index (χ2n) is 7.06. The van der Waals surface area contributed by atoms with Crippen molar-refractivity contribution in [1.29, 1.82) is 0 Å². The molecule has 0 unspecified atom stereocenters. The third-order valence-electron chi connectivity index (χ3n) is 4.87. The Morgan fingerprint density at radius 2 is 1.90 bits per heavy atom. The van der Waals surface area contributed by atoms with Crippen molar-refractivity contribution < 1.29 is 14.3 Å². The molecule has 4 heteroatoms. The molecule has 0 heterocycles. The van der Waals surface area contributed by atoms with Gasteiger partial charge in [0.05, 0.1) is 0 Å². The molecule has 0 atom stereocenters. The fourth-order valence-electron chi connectivity index (χ4n) is 3.24. The quantitative estimate of drug-likeness (QED) is 0.378. The van der Waals surface area contributed by atoms with Crippen molar-refractivity contribution in [2.24, 2.45) is 0 Å². The molecule has 1 aromatic carbocycles. The maximum Gasteiger partial charge on any atom is 0.306 e. The first-order chi connectivity index (χ1) is 14.2. The van der Waals surface area contributed by atoms with Gasteiger partial charge in [-0.15, -0.1) is 0 Å². The van der Waals surface area contributed by atoms with Gasteiger partial charge in [-0.3, -0.25) is 9.59 Å². The summed E-state index contributed by atoms with van der Waals surface area (Å²) in [6, 6.07) is 5.55. The summed E-state index contributed by atoms with van der Waals surface area (Å²) in [7, 11) is 0. The molecule has 1 amide bonds. The van der Waals surface area contributed by atoms with E-state index in [0.717, 1.165) is 55.2 Å². The van der Waals surface area contributed by atoms with Crippen molar-refractivity contribution in [2.45, 2.75) is 44.9 Å². The number of carbonyl (C=O) groups excluding carboxylic acids is 2. The van der Waals surface area contributed by atoms with Gasteiger partial charge >= 0.3 is 5.97 Å². The third-order valence-corrected chi connectivity index (χ3v) is 4.87. The molecular formula is C25H31NO3. The van der Waals surface area contributed by atoms with Gasteiger partial charge in [-0.05, 0) is 48.4 Å². The molecule has 154 valence electrons. The summed E-state index contributed by atoms with van der Waals surface area (Å²) in [6.45, 7) is 8.55. The van der Waals surface area contributed by atoms with Crippen LogP contribution < -0.4 is 5.32 Å². The number of nitrogens with one attached hydrogen (secondary N) is 1. The number of rotatable bonds is 12. The molecule has 1 N–H and O–H groups in total. The van der Waals surface area contributed by atoms with E-state index in [9.17, 15) is 9.59 Å². The van der Waals surface area contributed by atoms with Gasteiger partial charge in [0.25, 0.3) is 5.91 Å². The van der Waals surface area contributed by atoms with E-state index in [-0.39, 0.29) is 11.9 Å². The Bertz CT molecular complexity index is 789. The molecule has 1 aliphatic carbocycles. The predicted octanol–water partition coefficient (Wildman–Crippen LogP) is 5.47. The maximum absolute atomic E-state index is 12.4. The Morgan fingerprint density at radius 3 is 2.62 bits per heavy atom. The first kappa shape index (κ1) is 22.4. The fraction of sp³-hybridized carbons (Fsp3) is 0.360. The molecule has 0 aliphatic heterocycles. The van der Waals surface area contributed by atoms with Crippen LogP contribution in [0, 0.1) is 0 Å². The topological polar surface area (TPSA) is 55.4 Å². The summed E-state index contributed by atoms with van der Waals surface area (Å²) in [5, 5.41) is 2.96. The van der Waals surface area contributed by atoms with Crippen LogP contribution in [0.15, 0.2) is 55.2 Å². The molecule has 2 rings (SSSR count). The van der Waals surface area contributed by atoms with Crippen LogP contribution in [0.5, 0.6) is 0 Å². The number of benzene rings is 1. The fourth-order valence-corrected chi connectivity index (χ4v) is 3.24. The maximum atomic E-state index is 12.4. The highest BCUT2D eigenvalue weighted by atomic mass is 16.5. The second-order valence-corrected chi connectivity index (χ2v) is 7.06. The number of ether oxygens (including phenoxy) is 1. The van der Waals surface area contributed by atoms with Gasteiger partial charge < -0.3 is 10.1 Å². The Kier molecular flexibility index (Phi) is 9.70. The van der Waals surface area contributed by atoms with Gasteiger partial charge in [0.1, 0.15) is 6.61 Å². The summed E-state index contributed by atoms with van der Waals surface area (Å²) in [4.78, 5) is 24.2. The van der Waals surface area contributed by atoms with Gasteiger partial charge in [-0.25, -0.2) is 0 Å². The summed E-state index contributed by atoms with van der Waals surface area (Å²) in [5.74, 6) is -0.240. The zero-order chi connectivity index (χ0) is 20.9. The standard InChI is InChI=1S/C25H31NO3/c1-3-21-15-12-16-23(22(21)4-2)25(28)26-18-11-6-5-10-17-24(27)29-19-20-13-8-7-9-14-20/h3-4,8,12-16H,1-2,5-7,9-11,17-19H2,(H,26,28). The minimum absolute atomic E-state index is 0.0988. The van der Waals surface area contributed by atoms with Crippen LogP contribution in [-0.2, 0) is 9.53 Å². The van der Waals surface area contributed by atoms with E-state index in [1.807, 2.05) is 18.2 Å². The zero-order valence-corrected chi connectivity index (χ0v) is 17.1. The average Bonchev–Trinajstić information content (AvgIpc) is 2.76. The van der Waals surface area contributed by atoms with Crippen LogP contribution in [0.3, 0.4) is 0 Å². The van der Waals surface area contributed by atoms with Crippen molar-refractivity contribution in [2.75, 3.05) is 13.2 Å². The van der Waals surface area contributed by atoms with Gasteiger partial charge in [-0.2, -0.15) is 0 Å². The van der Waals surface area contributed by atoms with Gasteiger partial charge in [0.2, 0.25) is 0 Å². The van der Waals surface area contributed by atoms with Crippen LogP contribution in [0.2, 0.25) is 0 Å². The zero-order valence-electron chi connectivity index (χ0n) is 17.1. The molecule has 0 saturated carbocycles. The molecule has 29 heavy (non-hydrogen) atoms. The van der Waals surface area contributed by atoms with E-state index in [0.29, 0.717) is 25.1 Å². The number of carbonyl (C=O) groups is 2. The SMILES string of the molecule is C=Cc1cccc(C(=O)NCCCCCCC(=O)OCC2=CCCC=C2)c1C=C. The lowest BCUT2D eigenvalue weighted by molar-refractivity contribution is -0.142. The summed E-state index contributed by atoms with van der Waals surface area (Å²) in [6.07, 6.45) is 15.8. The highest BCUT2D eigenvalue weighted by molar-refractivity contribution is 5.98. The normalized spacial score (nSPS) is 12.8. The molecule has 0 saturated heterocycles. The van der Waals surface area contributed by atoms with E-state index in [1.54, 1.807) is 18.2 Å². The van der Waals surface area contributed by atoms with Crippen molar-refractivity contribution >= 4 is 24.0 Å². The molecule has 0 fully saturated rings. The Morgan fingerprint density at radius 1 is 1.07 bits per heavy atom. The number of allylic oxidation sites excluding steroid dienone is 2. The lowest BCUT2D eigenvalue weighted by Crippen LogP contribution is -2.25. The monoisotopic (exact) mass is 393 g/mol. The molecule has 0 spiro atoms.